The summed E-state index contributed by atoms with van der Waals surface area (Å²) in [5.41, 5.74) is -0.169. The number of aromatic nitrogens is 1. The van der Waals surface area contributed by atoms with E-state index < -0.39 is 0 Å². The lowest BCUT2D eigenvalue weighted by Crippen LogP contribution is -2.19. The molecule has 2 aromatic rings. The Kier molecular flexibility index (Phi) is 3.19. The third-order valence-corrected chi connectivity index (χ3v) is 2.86. The van der Waals surface area contributed by atoms with Crippen LogP contribution in [0.25, 0.3) is 10.8 Å². The quantitative estimate of drug-likeness (QED) is 0.799. The molecule has 0 aliphatic heterocycles. The SMILES string of the molecule is O=c1cc2ccccc2c(O)n1CCCS. The highest BCUT2D eigenvalue weighted by molar-refractivity contribution is 7.80. The molecule has 1 N–H and O–H groups in total. The van der Waals surface area contributed by atoms with E-state index in [0.717, 1.165) is 11.8 Å². The first-order valence-electron chi connectivity index (χ1n) is 5.16. The molecule has 84 valence electrons. The summed E-state index contributed by atoms with van der Waals surface area (Å²) in [6.45, 7) is 0.499. The first-order chi connectivity index (χ1) is 7.74. The van der Waals surface area contributed by atoms with Gasteiger partial charge >= 0.3 is 0 Å². The van der Waals surface area contributed by atoms with Gasteiger partial charge in [-0.25, -0.2) is 0 Å². The molecular weight excluding hydrogens is 222 g/mol. The Bertz CT molecular complexity index is 562. The second-order valence-electron chi connectivity index (χ2n) is 3.62. The van der Waals surface area contributed by atoms with Crippen LogP contribution in [0.4, 0.5) is 0 Å². The second-order valence-corrected chi connectivity index (χ2v) is 4.07. The van der Waals surface area contributed by atoms with E-state index >= 15 is 0 Å². The predicted octanol–water partition coefficient (Wildman–Crippen LogP) is 2.03. The summed E-state index contributed by atoms with van der Waals surface area (Å²) in [6.07, 6.45) is 0.759. The van der Waals surface area contributed by atoms with Gasteiger partial charge in [-0.05, 0) is 23.6 Å². The lowest BCUT2D eigenvalue weighted by Gasteiger charge is -2.09. The summed E-state index contributed by atoms with van der Waals surface area (Å²) in [5, 5.41) is 11.5. The number of pyridine rings is 1. The molecule has 16 heavy (non-hydrogen) atoms. The predicted molar refractivity (Wildman–Crippen MR) is 68.3 cm³/mol. The molecule has 3 nitrogen and oxygen atoms in total. The van der Waals surface area contributed by atoms with Gasteiger partial charge in [0.1, 0.15) is 0 Å². The van der Waals surface area contributed by atoms with Crippen LogP contribution in [0.5, 0.6) is 5.88 Å². The number of hydrogen-bond acceptors (Lipinski definition) is 3. The van der Waals surface area contributed by atoms with Crippen molar-refractivity contribution in [3.05, 3.63) is 40.7 Å². The van der Waals surface area contributed by atoms with Crippen LogP contribution in [0.15, 0.2) is 35.1 Å². The maximum Gasteiger partial charge on any atom is 0.253 e. The van der Waals surface area contributed by atoms with E-state index in [1.807, 2.05) is 18.2 Å². The zero-order chi connectivity index (χ0) is 11.5. The summed E-state index contributed by atoms with van der Waals surface area (Å²) in [5.74, 6) is 0.739. The molecule has 0 atom stereocenters. The third kappa shape index (κ3) is 1.93. The van der Waals surface area contributed by atoms with Crippen molar-refractivity contribution in [3.63, 3.8) is 0 Å². The van der Waals surface area contributed by atoms with Gasteiger partial charge in [0.05, 0.1) is 0 Å². The topological polar surface area (TPSA) is 42.2 Å². The number of nitrogens with zero attached hydrogens (tertiary/aromatic N) is 1. The molecule has 0 radical (unpaired) electrons. The van der Waals surface area contributed by atoms with Crippen molar-refractivity contribution in [2.45, 2.75) is 13.0 Å². The molecule has 1 heterocycles. The van der Waals surface area contributed by atoms with Gasteiger partial charge in [0, 0.05) is 18.0 Å². The number of hydrogen-bond donors (Lipinski definition) is 2. The molecule has 0 fully saturated rings. The van der Waals surface area contributed by atoms with Crippen molar-refractivity contribution < 1.29 is 5.11 Å². The lowest BCUT2D eigenvalue weighted by molar-refractivity contribution is 0.412. The second kappa shape index (κ2) is 4.61. The summed E-state index contributed by atoms with van der Waals surface area (Å²) >= 11 is 4.10. The molecule has 0 spiro atoms. The summed E-state index contributed by atoms with van der Waals surface area (Å²) in [7, 11) is 0. The molecule has 2 rings (SSSR count). The number of aromatic hydroxyl groups is 1. The van der Waals surface area contributed by atoms with Gasteiger partial charge < -0.3 is 5.11 Å². The molecule has 0 amide bonds. The van der Waals surface area contributed by atoms with E-state index in [2.05, 4.69) is 12.6 Å². The molecule has 1 aromatic carbocycles. The van der Waals surface area contributed by atoms with Crippen LogP contribution < -0.4 is 5.56 Å². The minimum atomic E-state index is -0.169. The molecule has 0 aliphatic carbocycles. The van der Waals surface area contributed by atoms with Crippen molar-refractivity contribution in [3.8, 4) is 5.88 Å². The molecule has 0 saturated carbocycles. The third-order valence-electron chi connectivity index (χ3n) is 2.54. The molecule has 0 saturated heterocycles. The van der Waals surface area contributed by atoms with Crippen LogP contribution in [0.3, 0.4) is 0 Å². The summed E-state index contributed by atoms with van der Waals surface area (Å²) < 4.78 is 1.39. The largest absolute Gasteiger partial charge is 0.494 e. The van der Waals surface area contributed by atoms with E-state index in [-0.39, 0.29) is 11.4 Å². The van der Waals surface area contributed by atoms with Gasteiger partial charge in [-0.2, -0.15) is 12.6 Å². The minimum absolute atomic E-state index is 0.0462. The number of rotatable bonds is 3. The maximum absolute atomic E-state index is 11.7. The van der Waals surface area contributed by atoms with Gasteiger partial charge in [0.2, 0.25) is 5.88 Å². The highest BCUT2D eigenvalue weighted by atomic mass is 32.1. The zero-order valence-corrected chi connectivity index (χ0v) is 9.65. The molecule has 0 unspecified atom stereocenters. The van der Waals surface area contributed by atoms with Crippen molar-refractivity contribution in [1.29, 1.82) is 0 Å². The standard InChI is InChI=1S/C12H13NO2S/c14-11-8-9-4-1-2-5-10(9)12(15)13(11)6-3-7-16/h1-2,4-5,8,15-16H,3,6-7H2. The Labute approximate surface area is 98.7 Å². The first-order valence-corrected chi connectivity index (χ1v) is 5.79. The molecule has 0 aliphatic rings. The normalized spacial score (nSPS) is 10.8. The lowest BCUT2D eigenvalue weighted by atomic mass is 10.1. The number of thiol groups is 1. The van der Waals surface area contributed by atoms with Crippen LogP contribution in [-0.4, -0.2) is 15.4 Å². The van der Waals surface area contributed by atoms with E-state index in [1.54, 1.807) is 12.1 Å². The monoisotopic (exact) mass is 235 g/mol. The molecular formula is C12H13NO2S. The van der Waals surface area contributed by atoms with Crippen LogP contribution >= 0.6 is 12.6 Å². The van der Waals surface area contributed by atoms with E-state index in [1.165, 1.54) is 4.57 Å². The van der Waals surface area contributed by atoms with Crippen LogP contribution in [0.2, 0.25) is 0 Å². The van der Waals surface area contributed by atoms with Crippen molar-refractivity contribution in [1.82, 2.24) is 4.57 Å². The van der Waals surface area contributed by atoms with Crippen LogP contribution in [0.1, 0.15) is 6.42 Å². The average Bonchev–Trinajstić information content (AvgIpc) is 2.29. The highest BCUT2D eigenvalue weighted by Gasteiger charge is 2.07. The minimum Gasteiger partial charge on any atom is -0.494 e. The van der Waals surface area contributed by atoms with E-state index in [9.17, 15) is 9.90 Å². The highest BCUT2D eigenvalue weighted by Crippen LogP contribution is 2.22. The zero-order valence-electron chi connectivity index (χ0n) is 8.76. The maximum atomic E-state index is 11.7. The van der Waals surface area contributed by atoms with Gasteiger partial charge in [0.15, 0.2) is 0 Å². The van der Waals surface area contributed by atoms with Crippen molar-refractivity contribution in [2.75, 3.05) is 5.75 Å². The van der Waals surface area contributed by atoms with Gasteiger partial charge in [-0.3, -0.25) is 9.36 Å². The Morgan fingerprint density at radius 3 is 2.81 bits per heavy atom. The number of fused-ring (bicyclic) bond motifs is 1. The van der Waals surface area contributed by atoms with Crippen molar-refractivity contribution >= 4 is 23.4 Å². The Morgan fingerprint density at radius 2 is 2.06 bits per heavy atom. The fourth-order valence-electron chi connectivity index (χ4n) is 1.73. The average molecular weight is 235 g/mol. The fraction of sp³-hybridized carbons (Fsp3) is 0.250. The van der Waals surface area contributed by atoms with Gasteiger partial charge in [-0.1, -0.05) is 18.2 Å². The van der Waals surface area contributed by atoms with Gasteiger partial charge in [0.25, 0.3) is 5.56 Å². The Hall–Kier alpha value is -1.42. The first kappa shape index (κ1) is 11.1. The van der Waals surface area contributed by atoms with Crippen molar-refractivity contribution in [2.24, 2.45) is 0 Å². The number of benzene rings is 1. The Morgan fingerprint density at radius 1 is 1.31 bits per heavy atom. The fourth-order valence-corrected chi connectivity index (χ4v) is 1.87. The van der Waals surface area contributed by atoms with E-state index in [0.29, 0.717) is 17.7 Å². The smallest absolute Gasteiger partial charge is 0.253 e. The summed E-state index contributed by atoms with van der Waals surface area (Å²) in [4.78, 5) is 11.7. The van der Waals surface area contributed by atoms with E-state index in [4.69, 9.17) is 0 Å². The Balaban J connectivity index is 2.61. The van der Waals surface area contributed by atoms with Crippen LogP contribution in [0, 0.1) is 0 Å². The van der Waals surface area contributed by atoms with Gasteiger partial charge in [-0.15, -0.1) is 0 Å². The summed E-state index contributed by atoms with van der Waals surface area (Å²) in [6, 6.07) is 8.86. The molecule has 0 bridgehead atoms. The molecule has 1 aromatic heterocycles. The van der Waals surface area contributed by atoms with Crippen LogP contribution in [-0.2, 0) is 6.54 Å². The molecule has 4 heteroatoms.